The number of hydrogen-bond donors (Lipinski definition) is 1. The van der Waals surface area contributed by atoms with E-state index >= 15 is 0 Å². The fourth-order valence-corrected chi connectivity index (χ4v) is 4.49. The number of benzene rings is 1. The van der Waals surface area contributed by atoms with E-state index in [2.05, 4.69) is 0 Å². The maximum Gasteiger partial charge on any atom is 0.338 e. The lowest BCUT2D eigenvalue weighted by Crippen LogP contribution is -2.40. The number of ether oxygens (including phenoxy) is 2. The summed E-state index contributed by atoms with van der Waals surface area (Å²) in [5.74, 6) is -2.31. The van der Waals surface area contributed by atoms with Gasteiger partial charge in [-0.3, -0.25) is 9.69 Å². The highest BCUT2D eigenvalue weighted by Crippen LogP contribution is 2.49. The van der Waals surface area contributed by atoms with Crippen LogP contribution in [0, 0.1) is 0 Å². The smallest absolute Gasteiger partial charge is 0.338 e. The molecule has 0 radical (unpaired) electrons. The lowest BCUT2D eigenvalue weighted by Gasteiger charge is -2.33. The molecule has 148 valence electrons. The molecule has 1 amide bonds. The molecule has 0 bridgehead atoms. The summed E-state index contributed by atoms with van der Waals surface area (Å²) in [5, 5.41) is -0.0219. The number of carbonyl (C=O) groups excluding carboxylic acids is 3. The van der Waals surface area contributed by atoms with E-state index < -0.39 is 23.1 Å². The second-order valence-corrected chi connectivity index (χ2v) is 7.57. The van der Waals surface area contributed by atoms with Gasteiger partial charge in [-0.05, 0) is 26.3 Å². The van der Waals surface area contributed by atoms with E-state index in [-0.39, 0.29) is 36.1 Å². The van der Waals surface area contributed by atoms with Crippen molar-refractivity contribution in [1.29, 1.82) is 0 Å². The van der Waals surface area contributed by atoms with Gasteiger partial charge in [-0.15, -0.1) is 0 Å². The van der Waals surface area contributed by atoms with Crippen LogP contribution in [0.5, 0.6) is 0 Å². The number of nitrogens with zero attached hydrogens (tertiary/aromatic N) is 1. The largest absolute Gasteiger partial charge is 0.463 e. The molecule has 8 heteroatoms. The van der Waals surface area contributed by atoms with Gasteiger partial charge in [0.15, 0.2) is 0 Å². The molecule has 1 fully saturated rings. The molecular formula is C20H22N2O5S. The fourth-order valence-electron chi connectivity index (χ4n) is 3.32. The first-order chi connectivity index (χ1) is 13.4. The highest BCUT2D eigenvalue weighted by molar-refractivity contribution is 8.04. The van der Waals surface area contributed by atoms with Crippen molar-refractivity contribution in [3.8, 4) is 0 Å². The third-order valence-electron chi connectivity index (χ3n) is 4.51. The molecule has 3 rings (SSSR count). The normalized spacial score (nSPS) is 21.7. The van der Waals surface area contributed by atoms with Gasteiger partial charge in [0.2, 0.25) is 5.91 Å². The minimum Gasteiger partial charge on any atom is -0.463 e. The second-order valence-electron chi connectivity index (χ2n) is 6.24. The van der Waals surface area contributed by atoms with Crippen molar-refractivity contribution in [3.05, 3.63) is 57.9 Å². The first-order valence-corrected chi connectivity index (χ1v) is 9.93. The Labute approximate surface area is 167 Å². The molecule has 2 N–H and O–H groups in total. The molecule has 0 saturated carbocycles. The molecule has 0 unspecified atom stereocenters. The van der Waals surface area contributed by atoms with Gasteiger partial charge in [0.25, 0.3) is 0 Å². The quantitative estimate of drug-likeness (QED) is 0.754. The number of esters is 2. The zero-order chi connectivity index (χ0) is 20.4. The number of nitrogens with two attached hydrogens (primary N) is 1. The second kappa shape index (κ2) is 8.10. The van der Waals surface area contributed by atoms with Crippen LogP contribution < -0.4 is 5.73 Å². The number of rotatable bonds is 5. The predicted molar refractivity (Wildman–Crippen MR) is 105 cm³/mol. The SMILES string of the molecule is CCOC(=O)C1=C(N)N2C(=O)[C@@H](C)SC2=C(C(=O)OCC)[C@H]1c1ccccc1. The molecular weight excluding hydrogens is 380 g/mol. The third kappa shape index (κ3) is 3.28. The molecule has 0 aromatic heterocycles. The van der Waals surface area contributed by atoms with Gasteiger partial charge < -0.3 is 15.2 Å². The molecule has 2 heterocycles. The summed E-state index contributed by atoms with van der Waals surface area (Å²) in [6, 6.07) is 9.06. The Kier molecular flexibility index (Phi) is 5.79. The average Bonchev–Trinajstić information content (AvgIpc) is 2.97. The van der Waals surface area contributed by atoms with Crippen molar-refractivity contribution >= 4 is 29.6 Å². The van der Waals surface area contributed by atoms with Crippen molar-refractivity contribution < 1.29 is 23.9 Å². The van der Waals surface area contributed by atoms with E-state index in [9.17, 15) is 14.4 Å². The van der Waals surface area contributed by atoms with Crippen LogP contribution in [0.15, 0.2) is 52.3 Å². The zero-order valence-electron chi connectivity index (χ0n) is 15.9. The Morgan fingerprint density at radius 3 is 2.21 bits per heavy atom. The van der Waals surface area contributed by atoms with Gasteiger partial charge in [0, 0.05) is 0 Å². The maximum atomic E-state index is 12.9. The van der Waals surface area contributed by atoms with Crippen LogP contribution in [-0.4, -0.2) is 41.2 Å². The fraction of sp³-hybridized carbons (Fsp3) is 0.350. The Morgan fingerprint density at radius 2 is 1.64 bits per heavy atom. The van der Waals surface area contributed by atoms with Gasteiger partial charge >= 0.3 is 11.9 Å². The Balaban J connectivity index is 2.28. The Hall–Kier alpha value is -2.74. The molecule has 1 aromatic carbocycles. The summed E-state index contributed by atoms with van der Waals surface area (Å²) in [4.78, 5) is 39.7. The molecule has 1 saturated heterocycles. The molecule has 7 nitrogen and oxygen atoms in total. The summed E-state index contributed by atoms with van der Waals surface area (Å²) >= 11 is 1.24. The van der Waals surface area contributed by atoms with Crippen LogP contribution in [-0.2, 0) is 23.9 Å². The van der Waals surface area contributed by atoms with E-state index in [0.29, 0.717) is 10.6 Å². The van der Waals surface area contributed by atoms with Gasteiger partial charge in [-0.25, -0.2) is 9.59 Å². The summed E-state index contributed by atoms with van der Waals surface area (Å²) in [7, 11) is 0. The van der Waals surface area contributed by atoms with E-state index in [0.717, 1.165) is 0 Å². The maximum absolute atomic E-state index is 12.9. The van der Waals surface area contributed by atoms with Crippen LogP contribution in [0.4, 0.5) is 0 Å². The van der Waals surface area contributed by atoms with Gasteiger partial charge in [-0.2, -0.15) is 0 Å². The van der Waals surface area contributed by atoms with Gasteiger partial charge in [0.05, 0.1) is 40.6 Å². The number of carbonyl (C=O) groups is 3. The standard InChI is InChI=1S/C20H22N2O5S/c1-4-26-19(24)14-13(12-9-7-6-8-10-12)15(20(25)27-5-2)18-22(16(14)21)17(23)11(3)28-18/h6-11,13H,4-5,21H2,1-3H3/t11-,13+/m1/s1. The number of amides is 1. The molecule has 28 heavy (non-hydrogen) atoms. The van der Waals surface area contributed by atoms with Crippen molar-refractivity contribution in [2.75, 3.05) is 13.2 Å². The molecule has 2 aliphatic heterocycles. The molecule has 0 spiro atoms. The van der Waals surface area contributed by atoms with Crippen molar-refractivity contribution in [1.82, 2.24) is 4.90 Å². The number of thioether (sulfide) groups is 1. The minimum atomic E-state index is -0.781. The number of hydrogen-bond acceptors (Lipinski definition) is 7. The van der Waals surface area contributed by atoms with E-state index in [4.69, 9.17) is 15.2 Å². The lowest BCUT2D eigenvalue weighted by atomic mass is 9.82. The van der Waals surface area contributed by atoms with Crippen LogP contribution in [0.2, 0.25) is 0 Å². The highest BCUT2D eigenvalue weighted by Gasteiger charge is 2.48. The zero-order valence-corrected chi connectivity index (χ0v) is 16.7. The minimum absolute atomic E-state index is 0.00259. The average molecular weight is 402 g/mol. The monoisotopic (exact) mass is 402 g/mol. The van der Waals surface area contributed by atoms with E-state index in [1.54, 1.807) is 32.9 Å². The van der Waals surface area contributed by atoms with Crippen LogP contribution in [0.1, 0.15) is 32.3 Å². The van der Waals surface area contributed by atoms with Crippen molar-refractivity contribution in [3.63, 3.8) is 0 Å². The van der Waals surface area contributed by atoms with Crippen LogP contribution >= 0.6 is 11.8 Å². The summed E-state index contributed by atoms with van der Waals surface area (Å²) in [6.07, 6.45) is 0. The highest BCUT2D eigenvalue weighted by atomic mass is 32.2. The third-order valence-corrected chi connectivity index (χ3v) is 5.69. The van der Waals surface area contributed by atoms with Gasteiger partial charge in [-0.1, -0.05) is 42.1 Å². The van der Waals surface area contributed by atoms with E-state index in [1.807, 2.05) is 18.2 Å². The topological polar surface area (TPSA) is 98.9 Å². The lowest BCUT2D eigenvalue weighted by molar-refractivity contribution is -0.139. The predicted octanol–water partition coefficient (Wildman–Crippen LogP) is 2.26. The van der Waals surface area contributed by atoms with Crippen LogP contribution in [0.3, 0.4) is 0 Å². The van der Waals surface area contributed by atoms with Crippen LogP contribution in [0.25, 0.3) is 0 Å². The number of fused-ring (bicyclic) bond motifs is 1. The summed E-state index contributed by atoms with van der Waals surface area (Å²) in [5.41, 5.74) is 7.29. The first-order valence-electron chi connectivity index (χ1n) is 9.05. The molecule has 2 aliphatic rings. The summed E-state index contributed by atoms with van der Waals surface area (Å²) in [6.45, 7) is 5.42. The Bertz CT molecular complexity index is 878. The first kappa shape index (κ1) is 20.0. The van der Waals surface area contributed by atoms with E-state index in [1.165, 1.54) is 16.7 Å². The summed E-state index contributed by atoms with van der Waals surface area (Å²) < 4.78 is 10.5. The molecule has 1 aromatic rings. The van der Waals surface area contributed by atoms with Gasteiger partial charge in [0.1, 0.15) is 5.82 Å². The van der Waals surface area contributed by atoms with Crippen molar-refractivity contribution in [2.24, 2.45) is 5.73 Å². The molecule has 2 atom stereocenters. The molecule has 0 aliphatic carbocycles. The Morgan fingerprint density at radius 1 is 1.07 bits per heavy atom. The van der Waals surface area contributed by atoms with Crippen molar-refractivity contribution in [2.45, 2.75) is 31.9 Å².